The number of fused-ring (bicyclic) bond motifs is 5. The molecule has 0 radical (unpaired) electrons. The highest BCUT2D eigenvalue weighted by Crippen LogP contribution is 2.43. The number of hydrogen-bond donors (Lipinski definition) is 0. The standard InChI is InChI=1S/C34H29N2/c1-21-12-14-28-27-15-13-24(22-8-4-3-5-9-22)19-29(27)36-30-20-26(23-10-6-7-11-23)18-25-16-17-35(2)34(32(25)30)31(21)33(28)36/h3-5,8-9,12-20,23H,6-7,10-11H2,1-2H3/q+1. The molecule has 1 fully saturated rings. The molecule has 174 valence electrons. The molecule has 2 nitrogen and oxygen atoms in total. The maximum absolute atomic E-state index is 2.59. The molecule has 7 aromatic rings. The number of rotatable bonds is 2. The van der Waals surface area contributed by atoms with Gasteiger partial charge >= 0.3 is 0 Å². The molecule has 1 saturated carbocycles. The van der Waals surface area contributed by atoms with Crippen molar-refractivity contribution in [3.63, 3.8) is 0 Å². The first kappa shape index (κ1) is 20.3. The van der Waals surface area contributed by atoms with Crippen molar-refractivity contribution in [2.24, 2.45) is 7.05 Å². The molecule has 0 spiro atoms. The Bertz CT molecular complexity index is 1950. The van der Waals surface area contributed by atoms with E-state index in [-0.39, 0.29) is 0 Å². The molecule has 2 heteroatoms. The zero-order chi connectivity index (χ0) is 24.0. The van der Waals surface area contributed by atoms with Crippen molar-refractivity contribution in [1.82, 2.24) is 4.40 Å². The van der Waals surface area contributed by atoms with E-state index in [1.54, 1.807) is 0 Å². The Labute approximate surface area is 210 Å². The van der Waals surface area contributed by atoms with Crippen LogP contribution in [0.5, 0.6) is 0 Å². The topological polar surface area (TPSA) is 8.29 Å². The summed E-state index contributed by atoms with van der Waals surface area (Å²) >= 11 is 0. The minimum absolute atomic E-state index is 0.680. The third-order valence-corrected chi connectivity index (χ3v) is 8.79. The lowest BCUT2D eigenvalue weighted by Crippen LogP contribution is -2.29. The predicted octanol–water partition coefficient (Wildman–Crippen LogP) is 8.45. The second-order valence-electron chi connectivity index (χ2n) is 10.8. The van der Waals surface area contributed by atoms with E-state index in [9.17, 15) is 0 Å². The lowest BCUT2D eigenvalue weighted by atomic mass is 9.92. The number of aryl methyl sites for hydroxylation is 2. The molecule has 1 aliphatic carbocycles. The monoisotopic (exact) mass is 465 g/mol. The number of pyridine rings is 2. The van der Waals surface area contributed by atoms with Crippen molar-refractivity contribution >= 4 is 49.0 Å². The van der Waals surface area contributed by atoms with Crippen LogP contribution in [0, 0.1) is 6.92 Å². The lowest BCUT2D eigenvalue weighted by Gasteiger charge is -2.16. The highest BCUT2D eigenvalue weighted by Gasteiger charge is 2.26. The van der Waals surface area contributed by atoms with Crippen molar-refractivity contribution in [2.45, 2.75) is 38.5 Å². The summed E-state index contributed by atoms with van der Waals surface area (Å²) in [5.74, 6) is 0.680. The number of aromatic nitrogens is 2. The maximum Gasteiger partial charge on any atom is 0.224 e. The van der Waals surface area contributed by atoms with Gasteiger partial charge in [-0.25, -0.2) is 4.57 Å². The van der Waals surface area contributed by atoms with Crippen molar-refractivity contribution in [2.75, 3.05) is 0 Å². The number of nitrogens with zero attached hydrogens (tertiary/aromatic N) is 2. The van der Waals surface area contributed by atoms with Gasteiger partial charge in [0.1, 0.15) is 7.05 Å². The molecule has 3 heterocycles. The van der Waals surface area contributed by atoms with Crippen LogP contribution in [-0.4, -0.2) is 4.40 Å². The average molecular weight is 466 g/mol. The van der Waals surface area contributed by atoms with Crippen LogP contribution in [0.25, 0.3) is 60.1 Å². The Hall–Kier alpha value is -3.91. The summed E-state index contributed by atoms with van der Waals surface area (Å²) in [5.41, 5.74) is 10.7. The highest BCUT2D eigenvalue weighted by atomic mass is 15.0. The second-order valence-corrected chi connectivity index (χ2v) is 10.8. The van der Waals surface area contributed by atoms with E-state index in [4.69, 9.17) is 0 Å². The molecule has 3 aromatic heterocycles. The Morgan fingerprint density at radius 1 is 0.750 bits per heavy atom. The van der Waals surface area contributed by atoms with Gasteiger partial charge < -0.3 is 4.40 Å². The molecule has 0 unspecified atom stereocenters. The molecule has 1 aliphatic rings. The third-order valence-electron chi connectivity index (χ3n) is 8.79. The Morgan fingerprint density at radius 3 is 2.39 bits per heavy atom. The van der Waals surface area contributed by atoms with Gasteiger partial charge in [0.25, 0.3) is 0 Å². The fourth-order valence-corrected chi connectivity index (χ4v) is 7.04. The fourth-order valence-electron chi connectivity index (χ4n) is 7.04. The zero-order valence-electron chi connectivity index (χ0n) is 20.9. The Kier molecular flexibility index (Phi) is 4.12. The van der Waals surface area contributed by atoms with Gasteiger partial charge in [-0.3, -0.25) is 0 Å². The predicted molar refractivity (Wildman–Crippen MR) is 151 cm³/mol. The molecule has 8 rings (SSSR count). The van der Waals surface area contributed by atoms with Gasteiger partial charge in [0.15, 0.2) is 6.20 Å². The van der Waals surface area contributed by atoms with E-state index >= 15 is 0 Å². The van der Waals surface area contributed by atoms with Crippen LogP contribution < -0.4 is 4.57 Å². The summed E-state index contributed by atoms with van der Waals surface area (Å²) in [6.45, 7) is 2.27. The maximum atomic E-state index is 2.59. The normalized spacial score (nSPS) is 14.9. The van der Waals surface area contributed by atoms with E-state index in [1.165, 1.54) is 96.9 Å². The van der Waals surface area contributed by atoms with Gasteiger partial charge in [-0.1, -0.05) is 73.5 Å². The van der Waals surface area contributed by atoms with Crippen LogP contribution >= 0.6 is 0 Å². The minimum Gasteiger partial charge on any atom is -0.307 e. The first-order valence-electron chi connectivity index (χ1n) is 13.3. The second kappa shape index (κ2) is 7.30. The van der Waals surface area contributed by atoms with Crippen LogP contribution in [0.2, 0.25) is 0 Å². The number of benzene rings is 4. The zero-order valence-corrected chi connectivity index (χ0v) is 20.9. The minimum atomic E-state index is 0.680. The summed E-state index contributed by atoms with van der Waals surface area (Å²) in [6.07, 6.45) is 7.59. The van der Waals surface area contributed by atoms with E-state index in [0.29, 0.717) is 5.92 Å². The van der Waals surface area contributed by atoms with E-state index < -0.39 is 0 Å². The Morgan fingerprint density at radius 2 is 1.56 bits per heavy atom. The molecule has 0 saturated heterocycles. The molecular weight excluding hydrogens is 436 g/mol. The van der Waals surface area contributed by atoms with Gasteiger partial charge in [-0.15, -0.1) is 0 Å². The average Bonchev–Trinajstić information content (AvgIpc) is 3.56. The largest absolute Gasteiger partial charge is 0.307 e. The lowest BCUT2D eigenvalue weighted by molar-refractivity contribution is -0.643. The first-order valence-corrected chi connectivity index (χ1v) is 13.3. The highest BCUT2D eigenvalue weighted by molar-refractivity contribution is 6.26. The van der Waals surface area contributed by atoms with Crippen molar-refractivity contribution < 1.29 is 4.57 Å². The van der Waals surface area contributed by atoms with Crippen LogP contribution in [0.1, 0.15) is 42.7 Å². The van der Waals surface area contributed by atoms with E-state index in [1.807, 2.05) is 0 Å². The summed E-state index contributed by atoms with van der Waals surface area (Å²) in [6, 6.07) is 29.8. The molecule has 0 N–H and O–H groups in total. The quantitative estimate of drug-likeness (QED) is 0.137. The van der Waals surface area contributed by atoms with Crippen LogP contribution in [0.15, 0.2) is 85.1 Å². The molecule has 36 heavy (non-hydrogen) atoms. The third kappa shape index (κ3) is 2.65. The van der Waals surface area contributed by atoms with Crippen molar-refractivity contribution in [1.29, 1.82) is 0 Å². The van der Waals surface area contributed by atoms with Gasteiger partial charge in [-0.2, -0.15) is 0 Å². The van der Waals surface area contributed by atoms with Crippen molar-refractivity contribution in [3.8, 4) is 11.1 Å². The first-order chi connectivity index (χ1) is 17.7. The molecule has 0 aliphatic heterocycles. The van der Waals surface area contributed by atoms with E-state index in [2.05, 4.69) is 108 Å². The summed E-state index contributed by atoms with van der Waals surface area (Å²) in [4.78, 5) is 0. The van der Waals surface area contributed by atoms with Crippen LogP contribution in [0.3, 0.4) is 0 Å². The van der Waals surface area contributed by atoms with Crippen LogP contribution in [-0.2, 0) is 7.05 Å². The van der Waals surface area contributed by atoms with E-state index in [0.717, 1.165) is 0 Å². The van der Waals surface area contributed by atoms with Gasteiger partial charge in [0.2, 0.25) is 5.52 Å². The Balaban J connectivity index is 1.62. The van der Waals surface area contributed by atoms with Gasteiger partial charge in [0.05, 0.1) is 27.3 Å². The summed E-state index contributed by atoms with van der Waals surface area (Å²) in [7, 11) is 2.20. The molecule has 4 aromatic carbocycles. The summed E-state index contributed by atoms with van der Waals surface area (Å²) < 4.78 is 4.92. The molecular formula is C34H29N2+. The summed E-state index contributed by atoms with van der Waals surface area (Å²) in [5, 5.41) is 6.80. The van der Waals surface area contributed by atoms with Crippen LogP contribution in [0.4, 0.5) is 0 Å². The van der Waals surface area contributed by atoms with Gasteiger partial charge in [0, 0.05) is 16.8 Å². The fraction of sp³-hybridized carbons (Fsp3) is 0.206. The smallest absolute Gasteiger partial charge is 0.224 e. The van der Waals surface area contributed by atoms with Gasteiger partial charge in [-0.05, 0) is 65.5 Å². The van der Waals surface area contributed by atoms with Crippen molar-refractivity contribution in [3.05, 3.63) is 96.2 Å². The molecule has 0 atom stereocenters. The SMILES string of the molecule is Cc1ccc2c3ccc(-c4ccccc4)cc3n3c4cc(C5CCCC5)cc5cc[n+](C)c(c1c23)c54. The molecule has 0 amide bonds. The number of hydrogen-bond acceptors (Lipinski definition) is 0. The molecule has 0 bridgehead atoms.